The molecule has 3 aromatic rings. The maximum absolute atomic E-state index is 12.3. The van der Waals surface area contributed by atoms with E-state index < -0.39 is 5.41 Å². The normalized spacial score (nSPS) is 14.8. The number of rotatable bonds is 6. The Balaban J connectivity index is 1.64. The zero-order valence-electron chi connectivity index (χ0n) is 17.3. The maximum Gasteiger partial charge on any atom is 0.225 e. The van der Waals surface area contributed by atoms with Crippen LogP contribution in [-0.2, 0) is 11.3 Å². The molecule has 4 rings (SSSR count). The highest BCUT2D eigenvalue weighted by Crippen LogP contribution is 2.51. The average molecular weight is 403 g/mol. The second-order valence-corrected chi connectivity index (χ2v) is 7.95. The number of hydrogen-bond acceptors (Lipinski definition) is 5. The number of fused-ring (bicyclic) bond motifs is 2. The molecule has 0 radical (unpaired) electrons. The molecule has 6 nitrogen and oxygen atoms in total. The Bertz CT molecular complexity index is 1080. The lowest BCUT2D eigenvalue weighted by Crippen LogP contribution is -2.38. The lowest BCUT2D eigenvalue weighted by molar-refractivity contribution is -0.126. The summed E-state index contributed by atoms with van der Waals surface area (Å²) < 4.78 is 11.3. The number of hydrogen-bond donors (Lipinski definition) is 2. The molecular weight excluding hydrogens is 378 g/mol. The van der Waals surface area contributed by atoms with Crippen LogP contribution in [0, 0.1) is 5.41 Å². The van der Waals surface area contributed by atoms with Gasteiger partial charge >= 0.3 is 0 Å². The summed E-state index contributed by atoms with van der Waals surface area (Å²) in [6.07, 6.45) is 0. The number of nitrogens with two attached hydrogens (primary N) is 1. The van der Waals surface area contributed by atoms with Gasteiger partial charge in [-0.2, -0.15) is 4.98 Å². The van der Waals surface area contributed by atoms with E-state index in [0.717, 1.165) is 22.4 Å². The van der Waals surface area contributed by atoms with Crippen molar-refractivity contribution in [2.24, 2.45) is 11.1 Å². The number of aromatic nitrogens is 1. The summed E-state index contributed by atoms with van der Waals surface area (Å²) in [7, 11) is 1.65. The van der Waals surface area contributed by atoms with Crippen LogP contribution in [0.15, 0.2) is 60.7 Å². The van der Waals surface area contributed by atoms with Crippen molar-refractivity contribution >= 4 is 11.7 Å². The van der Waals surface area contributed by atoms with Crippen molar-refractivity contribution in [2.45, 2.75) is 26.3 Å². The SMILES string of the molecule is COc1ccc(CNc2ccc3c(n2)Oc2ccccc2[C@H]3C(C)(C)C(N)=O)cc1. The first-order valence-corrected chi connectivity index (χ1v) is 9.84. The van der Waals surface area contributed by atoms with Crippen molar-refractivity contribution in [1.29, 1.82) is 0 Å². The van der Waals surface area contributed by atoms with E-state index in [2.05, 4.69) is 10.3 Å². The third-order valence-electron chi connectivity index (χ3n) is 5.63. The van der Waals surface area contributed by atoms with Crippen LogP contribution in [0.1, 0.15) is 36.5 Å². The number of methoxy groups -OCH3 is 1. The van der Waals surface area contributed by atoms with E-state index in [1.807, 2.05) is 74.5 Å². The number of para-hydroxylation sites is 1. The first-order chi connectivity index (χ1) is 14.4. The molecule has 6 heteroatoms. The fourth-order valence-corrected chi connectivity index (χ4v) is 3.79. The van der Waals surface area contributed by atoms with Crippen molar-refractivity contribution < 1.29 is 14.3 Å². The lowest BCUT2D eigenvalue weighted by atomic mass is 9.70. The number of amides is 1. The summed E-state index contributed by atoms with van der Waals surface area (Å²) >= 11 is 0. The third-order valence-corrected chi connectivity index (χ3v) is 5.63. The van der Waals surface area contributed by atoms with Gasteiger partial charge in [-0.1, -0.05) is 44.2 Å². The summed E-state index contributed by atoms with van der Waals surface area (Å²) in [4.78, 5) is 16.9. The van der Waals surface area contributed by atoms with Crippen molar-refractivity contribution in [1.82, 2.24) is 4.98 Å². The van der Waals surface area contributed by atoms with Gasteiger partial charge in [-0.15, -0.1) is 0 Å². The largest absolute Gasteiger partial charge is 0.497 e. The zero-order valence-corrected chi connectivity index (χ0v) is 17.3. The van der Waals surface area contributed by atoms with E-state index in [0.29, 0.717) is 24.0 Å². The molecule has 0 fully saturated rings. The molecular formula is C24H25N3O3. The molecule has 154 valence electrons. The van der Waals surface area contributed by atoms with Gasteiger partial charge in [-0.05, 0) is 35.9 Å². The van der Waals surface area contributed by atoms with Crippen LogP contribution in [0.3, 0.4) is 0 Å². The third kappa shape index (κ3) is 3.56. The second kappa shape index (κ2) is 7.71. The molecule has 3 N–H and O–H groups in total. The summed E-state index contributed by atoms with van der Waals surface area (Å²) in [6.45, 7) is 4.34. The molecule has 30 heavy (non-hydrogen) atoms. The van der Waals surface area contributed by atoms with E-state index in [4.69, 9.17) is 15.2 Å². The minimum absolute atomic E-state index is 0.238. The monoisotopic (exact) mass is 403 g/mol. The molecule has 0 saturated heterocycles. The molecule has 2 heterocycles. The minimum atomic E-state index is -0.797. The molecule has 0 unspecified atom stereocenters. The van der Waals surface area contributed by atoms with Gasteiger partial charge in [-0.3, -0.25) is 4.79 Å². The fourth-order valence-electron chi connectivity index (χ4n) is 3.79. The topological polar surface area (TPSA) is 86.5 Å². The number of anilines is 1. The Morgan fingerprint density at radius 1 is 1.10 bits per heavy atom. The Kier molecular flexibility index (Phi) is 5.08. The maximum atomic E-state index is 12.3. The smallest absolute Gasteiger partial charge is 0.225 e. The number of nitrogens with one attached hydrogen (secondary N) is 1. The Hall–Kier alpha value is -3.54. The second-order valence-electron chi connectivity index (χ2n) is 7.95. The standard InChI is InChI=1S/C24H25N3O3/c1-24(2,23(25)28)21-17-6-4-5-7-19(17)30-22-18(21)12-13-20(27-22)26-14-15-8-10-16(29-3)11-9-15/h4-13,21H,14H2,1-3H3,(H2,25,28)(H,26,27)/t21-/m1/s1. The first kappa shape index (κ1) is 19.8. The van der Waals surface area contributed by atoms with E-state index in [-0.39, 0.29) is 11.8 Å². The van der Waals surface area contributed by atoms with E-state index >= 15 is 0 Å². The minimum Gasteiger partial charge on any atom is -0.497 e. The van der Waals surface area contributed by atoms with Gasteiger partial charge in [0.2, 0.25) is 11.8 Å². The number of pyridine rings is 1. The van der Waals surface area contributed by atoms with Crippen molar-refractivity contribution in [3.63, 3.8) is 0 Å². The number of benzene rings is 2. The molecule has 1 aliphatic rings. The predicted molar refractivity (Wildman–Crippen MR) is 116 cm³/mol. The predicted octanol–water partition coefficient (Wildman–Crippen LogP) is 4.45. The highest BCUT2D eigenvalue weighted by atomic mass is 16.5. The summed E-state index contributed by atoms with van der Waals surface area (Å²) in [6, 6.07) is 19.4. The Morgan fingerprint density at radius 2 is 1.83 bits per heavy atom. The number of carbonyl (C=O) groups excluding carboxylic acids is 1. The molecule has 2 aromatic carbocycles. The van der Waals surface area contributed by atoms with E-state index in [1.54, 1.807) is 7.11 Å². The molecule has 0 spiro atoms. The van der Waals surface area contributed by atoms with Crippen LogP contribution in [0.2, 0.25) is 0 Å². The van der Waals surface area contributed by atoms with Crippen molar-refractivity contribution in [2.75, 3.05) is 12.4 Å². The van der Waals surface area contributed by atoms with Gasteiger partial charge in [0.15, 0.2) is 0 Å². The number of carbonyl (C=O) groups is 1. The van der Waals surface area contributed by atoms with Crippen LogP contribution < -0.4 is 20.5 Å². The van der Waals surface area contributed by atoms with Crippen LogP contribution >= 0.6 is 0 Å². The summed E-state index contributed by atoms with van der Waals surface area (Å²) in [5.74, 6) is 2.10. The first-order valence-electron chi connectivity index (χ1n) is 9.84. The van der Waals surface area contributed by atoms with Crippen LogP contribution in [0.5, 0.6) is 17.4 Å². The average Bonchev–Trinajstić information content (AvgIpc) is 2.75. The van der Waals surface area contributed by atoms with Crippen molar-refractivity contribution in [3.05, 3.63) is 77.4 Å². The Morgan fingerprint density at radius 3 is 2.53 bits per heavy atom. The zero-order chi connectivity index (χ0) is 21.3. The van der Waals surface area contributed by atoms with Crippen LogP contribution in [0.25, 0.3) is 0 Å². The summed E-state index contributed by atoms with van der Waals surface area (Å²) in [5.41, 5.74) is 7.86. The van der Waals surface area contributed by atoms with Gasteiger partial charge in [0.1, 0.15) is 17.3 Å². The van der Waals surface area contributed by atoms with E-state index in [1.165, 1.54) is 0 Å². The van der Waals surface area contributed by atoms with Gasteiger partial charge < -0.3 is 20.5 Å². The van der Waals surface area contributed by atoms with Crippen LogP contribution in [-0.4, -0.2) is 18.0 Å². The van der Waals surface area contributed by atoms with Crippen LogP contribution in [0.4, 0.5) is 5.82 Å². The highest BCUT2D eigenvalue weighted by molar-refractivity contribution is 5.82. The fraction of sp³-hybridized carbons (Fsp3) is 0.250. The Labute approximate surface area is 176 Å². The number of ether oxygens (including phenoxy) is 2. The highest BCUT2D eigenvalue weighted by Gasteiger charge is 2.42. The van der Waals surface area contributed by atoms with Crippen molar-refractivity contribution in [3.8, 4) is 17.4 Å². The quantitative estimate of drug-likeness (QED) is 0.635. The lowest BCUT2D eigenvalue weighted by Gasteiger charge is -2.36. The van der Waals surface area contributed by atoms with Gasteiger partial charge in [-0.25, -0.2) is 0 Å². The molecule has 0 saturated carbocycles. The molecule has 0 aliphatic carbocycles. The summed E-state index contributed by atoms with van der Waals surface area (Å²) in [5, 5.41) is 3.33. The van der Waals surface area contributed by atoms with Gasteiger partial charge in [0, 0.05) is 23.6 Å². The molecule has 0 bridgehead atoms. The van der Waals surface area contributed by atoms with Gasteiger partial charge in [0.25, 0.3) is 0 Å². The molecule has 1 aromatic heterocycles. The molecule has 1 amide bonds. The van der Waals surface area contributed by atoms with Gasteiger partial charge in [0.05, 0.1) is 12.5 Å². The molecule has 1 atom stereocenters. The number of primary amides is 1. The molecule has 1 aliphatic heterocycles. The van der Waals surface area contributed by atoms with E-state index in [9.17, 15) is 4.79 Å². The number of nitrogens with zero attached hydrogens (tertiary/aromatic N) is 1.